The lowest BCUT2D eigenvalue weighted by Gasteiger charge is -2.55. The molecular formula is C48H83N3O11. The average molecular weight is 878 g/mol. The van der Waals surface area contributed by atoms with Gasteiger partial charge in [-0.1, -0.05) is 61.5 Å². The molecule has 0 bridgehead atoms. The zero-order valence-electron chi connectivity index (χ0n) is 40.0. The Hall–Kier alpha value is -2.17. The smallest absolute Gasteiger partial charge is 0.315 e. The van der Waals surface area contributed by atoms with Crippen LogP contribution in [0.3, 0.4) is 0 Å². The van der Waals surface area contributed by atoms with E-state index in [4.69, 9.17) is 23.7 Å². The molecule has 5 heterocycles. The molecule has 0 saturated carbocycles. The van der Waals surface area contributed by atoms with E-state index in [0.29, 0.717) is 64.3 Å². The number of urea groups is 1. The summed E-state index contributed by atoms with van der Waals surface area (Å²) in [5.74, 6) is -5.97. The summed E-state index contributed by atoms with van der Waals surface area (Å²) in [5.41, 5.74) is -1.70. The van der Waals surface area contributed by atoms with Crippen LogP contribution in [0.4, 0.5) is 4.79 Å². The first-order valence-corrected chi connectivity index (χ1v) is 24.0. The van der Waals surface area contributed by atoms with E-state index >= 15 is 0 Å². The quantitative estimate of drug-likeness (QED) is 0.0797. The van der Waals surface area contributed by atoms with Crippen molar-refractivity contribution in [2.45, 2.75) is 205 Å². The molecule has 5 aliphatic heterocycles. The standard InChI is InChI=1S/C48H83N3O11/c1-13-34(43(54)55)36-18-17-28(4)41(59-36)32(8)39(52)31(7)40(53)35(14-2)42-29(5)27-30(6)47(60-42)22-19-37(50-44(56)49-25-16-26-51(11)12)48(62-47)24-23-45(10,61-48)38-20-21-46(57,15-3)33(9)58-38/h19,22,28-39,41-42,52,57H,13-18,20-21,23-27H2,1-12H3,(H,54,55)(H2,49,50,56)/t28-,29-,30+,31-,32-,33-,34+,35?,36+,37+,38+,39+,41+,42-,45-,46+,47-,48-/m0/s1. The summed E-state index contributed by atoms with van der Waals surface area (Å²) in [6.07, 6.45) is 7.39. The molecule has 2 spiro atoms. The van der Waals surface area contributed by atoms with Gasteiger partial charge in [-0.25, -0.2) is 4.79 Å². The van der Waals surface area contributed by atoms with Crippen LogP contribution in [0, 0.1) is 41.4 Å². The van der Waals surface area contributed by atoms with Crippen LogP contribution in [0.5, 0.6) is 0 Å². The molecule has 356 valence electrons. The Balaban J connectivity index is 1.38. The average Bonchev–Trinajstić information content (AvgIpc) is 3.57. The van der Waals surface area contributed by atoms with Crippen molar-refractivity contribution in [1.82, 2.24) is 15.5 Å². The van der Waals surface area contributed by atoms with Gasteiger partial charge in [0.05, 0.1) is 53.7 Å². The van der Waals surface area contributed by atoms with E-state index in [1.165, 1.54) is 0 Å². The lowest BCUT2D eigenvalue weighted by Crippen LogP contribution is -2.66. The van der Waals surface area contributed by atoms with Gasteiger partial charge in [0, 0.05) is 36.6 Å². The largest absolute Gasteiger partial charge is 0.481 e. The van der Waals surface area contributed by atoms with Crippen LogP contribution in [0.2, 0.25) is 0 Å². The Morgan fingerprint density at radius 2 is 1.60 bits per heavy atom. The number of amides is 2. The Kier molecular flexibility index (Phi) is 16.9. The summed E-state index contributed by atoms with van der Waals surface area (Å²) in [5, 5.41) is 39.1. The zero-order valence-corrected chi connectivity index (χ0v) is 40.0. The predicted molar refractivity (Wildman–Crippen MR) is 236 cm³/mol. The molecule has 62 heavy (non-hydrogen) atoms. The number of aliphatic carboxylic acids is 1. The number of aliphatic hydroxyl groups excluding tert-OH is 1. The Morgan fingerprint density at radius 3 is 2.21 bits per heavy atom. The van der Waals surface area contributed by atoms with E-state index in [2.05, 4.69) is 36.3 Å². The molecule has 0 aromatic carbocycles. The molecule has 0 aromatic heterocycles. The molecule has 0 aromatic rings. The molecule has 4 saturated heterocycles. The minimum atomic E-state index is -1.33. The van der Waals surface area contributed by atoms with Crippen molar-refractivity contribution in [3.8, 4) is 0 Å². The molecule has 1 unspecified atom stereocenters. The van der Waals surface area contributed by atoms with Gasteiger partial charge in [0.15, 0.2) is 11.6 Å². The molecule has 5 rings (SSSR count). The third kappa shape index (κ3) is 10.6. The molecule has 0 aliphatic carbocycles. The number of Topliss-reactive ketones (excluding diaryl/α,β-unsaturated/α-hetero) is 1. The number of ether oxygens (including phenoxy) is 5. The second kappa shape index (κ2) is 20.6. The van der Waals surface area contributed by atoms with Crippen molar-refractivity contribution in [1.29, 1.82) is 0 Å². The van der Waals surface area contributed by atoms with Gasteiger partial charge in [0.25, 0.3) is 0 Å². The van der Waals surface area contributed by atoms with Crippen LogP contribution < -0.4 is 10.6 Å². The first-order chi connectivity index (χ1) is 29.1. The number of carbonyl (C=O) groups is 3. The number of carbonyl (C=O) groups excluding carboxylic acids is 2. The summed E-state index contributed by atoms with van der Waals surface area (Å²) in [7, 11) is 3.99. The molecule has 5 N–H and O–H groups in total. The van der Waals surface area contributed by atoms with Crippen molar-refractivity contribution in [2.75, 3.05) is 27.2 Å². The molecule has 0 radical (unpaired) electrons. The van der Waals surface area contributed by atoms with E-state index in [1.807, 2.05) is 67.8 Å². The third-order valence-electron chi connectivity index (χ3n) is 15.8. The summed E-state index contributed by atoms with van der Waals surface area (Å²) in [6, 6.07) is -0.999. The second-order valence-corrected chi connectivity index (χ2v) is 20.5. The van der Waals surface area contributed by atoms with Crippen LogP contribution in [-0.4, -0.2) is 131 Å². The van der Waals surface area contributed by atoms with Gasteiger partial charge in [-0.2, -0.15) is 0 Å². The number of hydrogen-bond donors (Lipinski definition) is 5. The van der Waals surface area contributed by atoms with Crippen LogP contribution in [0.25, 0.3) is 0 Å². The van der Waals surface area contributed by atoms with Gasteiger partial charge < -0.3 is 54.5 Å². The van der Waals surface area contributed by atoms with Gasteiger partial charge in [-0.15, -0.1) is 0 Å². The van der Waals surface area contributed by atoms with Gasteiger partial charge in [-0.05, 0) is 117 Å². The van der Waals surface area contributed by atoms with E-state index in [-0.39, 0.29) is 41.8 Å². The number of nitrogens with one attached hydrogen (secondary N) is 2. The third-order valence-corrected chi connectivity index (χ3v) is 15.8. The fourth-order valence-corrected chi connectivity index (χ4v) is 11.5. The number of ketones is 1. The highest BCUT2D eigenvalue weighted by atomic mass is 16.8. The SMILES string of the molecule is CCC(C(=O)[C@@H](C)[C@@H](O)[C@H](C)[C@@H]1O[C@@H]([C@@H](CC)C(=O)O)CC[C@@H]1C)[C@H]1O[C@]2(C=C[C@@H](NC(=O)NCCCN(C)C)[C@]3(CC[C@@](C)([C@H]4CC[C@](O)(CC)[C@H](C)O4)O3)O2)[C@H](C)C[C@@H]1C. The van der Waals surface area contributed by atoms with Crippen LogP contribution in [-0.2, 0) is 33.3 Å². The highest BCUT2D eigenvalue weighted by Crippen LogP contribution is 2.54. The van der Waals surface area contributed by atoms with Crippen molar-refractivity contribution in [2.24, 2.45) is 41.4 Å². The molecule has 14 heteroatoms. The summed E-state index contributed by atoms with van der Waals surface area (Å²) >= 11 is 0. The number of aliphatic hydroxyl groups is 2. The van der Waals surface area contributed by atoms with E-state index < -0.39 is 82.9 Å². The Morgan fingerprint density at radius 1 is 0.903 bits per heavy atom. The van der Waals surface area contributed by atoms with Gasteiger partial charge in [0.1, 0.15) is 11.8 Å². The van der Waals surface area contributed by atoms with Gasteiger partial charge in [0.2, 0.25) is 0 Å². The van der Waals surface area contributed by atoms with Crippen LogP contribution in [0.1, 0.15) is 140 Å². The molecule has 5 aliphatic rings. The summed E-state index contributed by atoms with van der Waals surface area (Å²) in [6.45, 7) is 21.0. The number of carboxylic acids is 1. The minimum absolute atomic E-state index is 0.0170. The Labute approximate surface area is 371 Å². The maximum atomic E-state index is 14.7. The molecule has 14 nitrogen and oxygen atoms in total. The monoisotopic (exact) mass is 878 g/mol. The maximum absolute atomic E-state index is 14.7. The highest BCUT2D eigenvalue weighted by molar-refractivity contribution is 5.84. The number of carboxylic acid groups (broad SMARTS) is 1. The van der Waals surface area contributed by atoms with Crippen molar-refractivity contribution >= 4 is 17.8 Å². The van der Waals surface area contributed by atoms with Crippen LogP contribution in [0.15, 0.2) is 12.2 Å². The fraction of sp³-hybridized carbons (Fsp3) is 0.896. The first kappa shape index (κ1) is 50.8. The molecule has 18 atom stereocenters. The van der Waals surface area contributed by atoms with E-state index in [0.717, 1.165) is 19.4 Å². The Bertz CT molecular complexity index is 1570. The highest BCUT2D eigenvalue weighted by Gasteiger charge is 2.63. The van der Waals surface area contributed by atoms with Crippen LogP contribution >= 0.6 is 0 Å². The zero-order chi connectivity index (χ0) is 45.9. The lowest BCUT2D eigenvalue weighted by molar-refractivity contribution is -0.397. The van der Waals surface area contributed by atoms with Gasteiger partial charge >= 0.3 is 12.0 Å². The van der Waals surface area contributed by atoms with Crippen molar-refractivity contribution in [3.05, 3.63) is 12.2 Å². The molecule has 2 amide bonds. The molecular weight excluding hydrogens is 795 g/mol. The normalized spacial score (nSPS) is 41.1. The summed E-state index contributed by atoms with van der Waals surface area (Å²) in [4.78, 5) is 42.2. The number of rotatable bonds is 17. The number of nitrogens with zero attached hydrogens (tertiary/aromatic N) is 1. The van der Waals surface area contributed by atoms with E-state index in [1.54, 1.807) is 6.92 Å². The lowest BCUT2D eigenvalue weighted by atomic mass is 9.72. The van der Waals surface area contributed by atoms with Crippen molar-refractivity contribution in [3.63, 3.8) is 0 Å². The number of hydrogen-bond acceptors (Lipinski definition) is 11. The van der Waals surface area contributed by atoms with Gasteiger partial charge in [-0.3, -0.25) is 9.59 Å². The fourth-order valence-electron chi connectivity index (χ4n) is 11.5. The first-order valence-electron chi connectivity index (χ1n) is 24.0. The second-order valence-electron chi connectivity index (χ2n) is 20.5. The minimum Gasteiger partial charge on any atom is -0.481 e. The summed E-state index contributed by atoms with van der Waals surface area (Å²) < 4.78 is 34.6. The topological polar surface area (TPSA) is 185 Å². The van der Waals surface area contributed by atoms with Crippen molar-refractivity contribution < 1.29 is 53.4 Å². The predicted octanol–water partition coefficient (Wildman–Crippen LogP) is 6.45. The van der Waals surface area contributed by atoms with E-state index in [9.17, 15) is 29.7 Å². The molecule has 4 fully saturated rings. The maximum Gasteiger partial charge on any atom is 0.315 e.